The molecule has 1 aliphatic heterocycles. The Kier molecular flexibility index (Phi) is 6.03. The van der Waals surface area contributed by atoms with Gasteiger partial charge >= 0.3 is 0 Å². The number of hydrogen-bond donors (Lipinski definition) is 1. The van der Waals surface area contributed by atoms with Crippen molar-refractivity contribution in [2.75, 3.05) is 0 Å². The minimum atomic E-state index is -0.898. The molecule has 2 unspecified atom stereocenters. The third-order valence-electron chi connectivity index (χ3n) is 5.83. The summed E-state index contributed by atoms with van der Waals surface area (Å²) in [6.45, 7) is 4.24. The predicted octanol–water partition coefficient (Wildman–Crippen LogP) is 6.45. The number of Topliss-reactive ketones (excluding diaryl/α,β-unsaturated/α-hetero) is 1. The number of allylic oxidation sites excluding steroid dienone is 2. The van der Waals surface area contributed by atoms with Crippen LogP contribution >= 0.6 is 23.2 Å². The number of nitrogens with zero attached hydrogens (tertiary/aromatic N) is 1. The lowest BCUT2D eigenvalue weighted by Gasteiger charge is -2.39. The van der Waals surface area contributed by atoms with Crippen molar-refractivity contribution in [2.45, 2.75) is 39.2 Å². The van der Waals surface area contributed by atoms with E-state index in [1.54, 1.807) is 24.3 Å². The first kappa shape index (κ1) is 22.4. The molecule has 0 radical (unpaired) electrons. The van der Waals surface area contributed by atoms with E-state index in [9.17, 15) is 10.1 Å². The van der Waals surface area contributed by atoms with E-state index in [4.69, 9.17) is 38.1 Å². The van der Waals surface area contributed by atoms with Gasteiger partial charge in [-0.1, -0.05) is 61.3 Å². The van der Waals surface area contributed by atoms with E-state index in [-0.39, 0.29) is 23.7 Å². The van der Waals surface area contributed by atoms with E-state index in [1.807, 2.05) is 32.0 Å². The molecule has 0 saturated heterocycles. The number of nitrogens with one attached hydrogen (secondary N) is 1. The summed E-state index contributed by atoms with van der Waals surface area (Å²) in [4.78, 5) is 13.1. The van der Waals surface area contributed by atoms with Gasteiger partial charge in [-0.25, -0.2) is 0 Å². The van der Waals surface area contributed by atoms with Crippen LogP contribution in [-0.2, 0) is 16.1 Å². The first-order chi connectivity index (χ1) is 15.2. The fraction of sp³-hybridized carbons (Fsp3) is 0.320. The largest absolute Gasteiger partial charge is 0.487 e. The molecule has 0 amide bonds. The average molecular weight is 469 g/mol. The van der Waals surface area contributed by atoms with Gasteiger partial charge in [0.2, 0.25) is 5.90 Å². The third kappa shape index (κ3) is 4.26. The second-order valence-corrected chi connectivity index (χ2v) is 9.71. The van der Waals surface area contributed by atoms with Crippen molar-refractivity contribution < 1.29 is 14.3 Å². The number of rotatable bonds is 4. The highest BCUT2D eigenvalue weighted by Gasteiger charge is 2.46. The topological polar surface area (TPSA) is 83.2 Å². The zero-order chi connectivity index (χ0) is 23.0. The van der Waals surface area contributed by atoms with E-state index in [0.29, 0.717) is 45.5 Å². The van der Waals surface area contributed by atoms with E-state index >= 15 is 0 Å². The Bertz CT molecular complexity index is 1180. The molecule has 0 bridgehead atoms. The van der Waals surface area contributed by atoms with Crippen LogP contribution in [0.3, 0.4) is 0 Å². The summed E-state index contributed by atoms with van der Waals surface area (Å²) in [6, 6.07) is 14.8. The number of carbonyl (C=O) groups excluding carboxylic acids is 1. The molecule has 1 N–H and O–H groups in total. The van der Waals surface area contributed by atoms with Crippen LogP contribution in [0.5, 0.6) is 5.75 Å². The van der Waals surface area contributed by atoms with E-state index in [2.05, 4.69) is 6.07 Å². The molecule has 0 aromatic heterocycles. The lowest BCUT2D eigenvalue weighted by Crippen LogP contribution is -2.38. The van der Waals surface area contributed by atoms with Crippen molar-refractivity contribution in [3.63, 3.8) is 0 Å². The lowest BCUT2D eigenvalue weighted by atomic mass is 9.68. The van der Waals surface area contributed by atoms with Gasteiger partial charge in [0.25, 0.3) is 0 Å². The van der Waals surface area contributed by atoms with Gasteiger partial charge in [0, 0.05) is 34.9 Å². The van der Waals surface area contributed by atoms with Gasteiger partial charge in [0.15, 0.2) is 5.78 Å². The van der Waals surface area contributed by atoms with E-state index < -0.39 is 11.8 Å². The highest BCUT2D eigenvalue weighted by Crippen LogP contribution is 2.48. The van der Waals surface area contributed by atoms with Crippen molar-refractivity contribution >= 4 is 34.9 Å². The van der Waals surface area contributed by atoms with Crippen LogP contribution < -0.4 is 4.74 Å². The van der Waals surface area contributed by atoms with Gasteiger partial charge in [0.1, 0.15) is 24.0 Å². The van der Waals surface area contributed by atoms with Gasteiger partial charge in [-0.3, -0.25) is 10.2 Å². The van der Waals surface area contributed by atoms with Crippen LogP contribution in [0.4, 0.5) is 0 Å². The molecule has 2 aromatic carbocycles. The second kappa shape index (κ2) is 8.61. The van der Waals surface area contributed by atoms with Crippen molar-refractivity contribution in [1.82, 2.24) is 0 Å². The molecule has 2 aliphatic rings. The van der Waals surface area contributed by atoms with Crippen molar-refractivity contribution in [2.24, 2.45) is 11.3 Å². The molecular weight excluding hydrogens is 447 g/mol. The summed E-state index contributed by atoms with van der Waals surface area (Å²) in [6.07, 6.45) is 0.905. The van der Waals surface area contributed by atoms with Gasteiger partial charge in [-0.2, -0.15) is 5.26 Å². The maximum atomic E-state index is 13.1. The quantitative estimate of drug-likeness (QED) is 0.558. The average Bonchev–Trinajstić information content (AvgIpc) is 2.72. The highest BCUT2D eigenvalue weighted by atomic mass is 35.5. The number of carbonyl (C=O) groups is 1. The maximum Gasteiger partial charge on any atom is 0.205 e. The predicted molar refractivity (Wildman–Crippen MR) is 123 cm³/mol. The lowest BCUT2D eigenvalue weighted by molar-refractivity contribution is -0.119. The van der Waals surface area contributed by atoms with E-state index in [0.717, 1.165) is 5.56 Å². The molecule has 0 saturated carbocycles. The monoisotopic (exact) mass is 468 g/mol. The molecule has 32 heavy (non-hydrogen) atoms. The number of ether oxygens (including phenoxy) is 2. The molecule has 1 aliphatic carbocycles. The minimum absolute atomic E-state index is 0.0517. The number of halogens is 2. The highest BCUT2D eigenvalue weighted by molar-refractivity contribution is 6.32. The minimum Gasteiger partial charge on any atom is -0.487 e. The molecule has 1 heterocycles. The molecule has 5 nitrogen and oxygen atoms in total. The molecular formula is C25H22Cl2N2O3. The van der Waals surface area contributed by atoms with Crippen LogP contribution in [0.25, 0.3) is 0 Å². The van der Waals surface area contributed by atoms with E-state index in [1.165, 1.54) is 0 Å². The number of hydrogen-bond acceptors (Lipinski definition) is 5. The Morgan fingerprint density at radius 2 is 1.94 bits per heavy atom. The van der Waals surface area contributed by atoms with Gasteiger partial charge in [-0.05, 0) is 29.2 Å². The SMILES string of the molecule is CC1(C)CC(=O)C2=C(C1)OC(=N)C(C#N)C2c1ccc(OCc2ccccc2Cl)c(Cl)c1. The number of nitriles is 1. The summed E-state index contributed by atoms with van der Waals surface area (Å²) in [5.41, 5.74) is 1.74. The molecule has 4 rings (SSSR count). The molecule has 0 fully saturated rings. The summed E-state index contributed by atoms with van der Waals surface area (Å²) < 4.78 is 11.5. The normalized spacial score (nSPS) is 22.1. The number of benzene rings is 2. The summed E-state index contributed by atoms with van der Waals surface area (Å²) in [5, 5.41) is 19.0. The molecule has 0 spiro atoms. The Morgan fingerprint density at radius 1 is 1.19 bits per heavy atom. The Morgan fingerprint density at radius 3 is 2.62 bits per heavy atom. The zero-order valence-electron chi connectivity index (χ0n) is 17.7. The van der Waals surface area contributed by atoms with Crippen molar-refractivity contribution in [1.29, 1.82) is 10.7 Å². The van der Waals surface area contributed by atoms with Crippen LogP contribution in [-0.4, -0.2) is 11.7 Å². The zero-order valence-corrected chi connectivity index (χ0v) is 19.3. The molecule has 164 valence electrons. The first-order valence-electron chi connectivity index (χ1n) is 10.3. The van der Waals surface area contributed by atoms with Crippen molar-refractivity contribution in [3.8, 4) is 11.8 Å². The fourth-order valence-electron chi connectivity index (χ4n) is 4.32. The Labute approximate surface area is 197 Å². The maximum absolute atomic E-state index is 13.1. The molecule has 7 heteroatoms. The molecule has 2 atom stereocenters. The summed E-state index contributed by atoms with van der Waals surface area (Å²) >= 11 is 12.7. The van der Waals surface area contributed by atoms with Crippen molar-refractivity contribution in [3.05, 3.63) is 75.0 Å². The Hall–Kier alpha value is -2.81. The smallest absolute Gasteiger partial charge is 0.205 e. The van der Waals surface area contributed by atoms with Crippen LogP contribution in [0.2, 0.25) is 10.0 Å². The van der Waals surface area contributed by atoms with Crippen LogP contribution in [0.1, 0.15) is 43.7 Å². The van der Waals surface area contributed by atoms with Gasteiger partial charge in [0.05, 0.1) is 11.1 Å². The third-order valence-corrected chi connectivity index (χ3v) is 6.50. The van der Waals surface area contributed by atoms with Crippen LogP contribution in [0, 0.1) is 28.1 Å². The summed E-state index contributed by atoms with van der Waals surface area (Å²) in [5.74, 6) is -0.736. The van der Waals surface area contributed by atoms with Gasteiger partial charge in [-0.15, -0.1) is 0 Å². The van der Waals surface area contributed by atoms with Gasteiger partial charge < -0.3 is 9.47 Å². The molecule has 2 aromatic rings. The summed E-state index contributed by atoms with van der Waals surface area (Å²) in [7, 11) is 0. The number of ketones is 1. The van der Waals surface area contributed by atoms with Crippen LogP contribution in [0.15, 0.2) is 53.8 Å². The fourth-order valence-corrected chi connectivity index (χ4v) is 4.75. The Balaban J connectivity index is 1.67. The second-order valence-electron chi connectivity index (χ2n) is 8.90. The first-order valence-corrected chi connectivity index (χ1v) is 11.0. The standard InChI is InChI=1S/C25H22Cl2N2O3/c1-25(2)10-19(30)23-21(11-25)32-24(29)16(12-28)22(23)14-7-8-20(18(27)9-14)31-13-15-5-3-4-6-17(15)26/h3-9,16,22,29H,10-11,13H2,1-2H3.